The normalized spacial score (nSPS) is 26.9. The van der Waals surface area contributed by atoms with Crippen LogP contribution >= 0.6 is 0 Å². The van der Waals surface area contributed by atoms with E-state index in [2.05, 4.69) is 9.88 Å². The molecule has 0 aromatic carbocycles. The first-order chi connectivity index (χ1) is 9.19. The van der Waals surface area contributed by atoms with Crippen LogP contribution in [-0.2, 0) is 4.74 Å². The molecule has 0 aliphatic carbocycles. The molecule has 2 aliphatic rings. The first-order valence-electron chi connectivity index (χ1n) is 7.01. The standard InChI is InChI=1S/C14H22N4O/c1-17(2)12-8-15-9-13(16-12)18-6-3-4-14(10-18)5-7-19-11-14/h8-9H,3-7,10-11H2,1-2H3/t14-/m0/s1. The minimum absolute atomic E-state index is 0.355. The first-order valence-corrected chi connectivity index (χ1v) is 7.01. The number of hydrogen-bond donors (Lipinski definition) is 0. The van der Waals surface area contributed by atoms with Gasteiger partial charge in [-0.1, -0.05) is 0 Å². The van der Waals surface area contributed by atoms with Gasteiger partial charge in [0.25, 0.3) is 0 Å². The van der Waals surface area contributed by atoms with Crippen LogP contribution in [0.25, 0.3) is 0 Å². The Hall–Kier alpha value is -1.36. The number of ether oxygens (including phenoxy) is 1. The summed E-state index contributed by atoms with van der Waals surface area (Å²) in [6.45, 7) is 3.95. The van der Waals surface area contributed by atoms with Crippen LogP contribution in [-0.4, -0.2) is 50.4 Å². The number of hydrogen-bond acceptors (Lipinski definition) is 5. The van der Waals surface area contributed by atoms with E-state index in [9.17, 15) is 0 Å². The molecule has 19 heavy (non-hydrogen) atoms. The molecule has 0 bridgehead atoms. The molecule has 5 heteroatoms. The average molecular weight is 262 g/mol. The van der Waals surface area contributed by atoms with Crippen molar-refractivity contribution in [3.8, 4) is 0 Å². The highest BCUT2D eigenvalue weighted by molar-refractivity contribution is 5.45. The molecule has 0 N–H and O–H groups in total. The van der Waals surface area contributed by atoms with Gasteiger partial charge in [0, 0.05) is 39.2 Å². The Balaban J connectivity index is 1.79. The van der Waals surface area contributed by atoms with Gasteiger partial charge in [-0.2, -0.15) is 0 Å². The van der Waals surface area contributed by atoms with Gasteiger partial charge in [-0.05, 0) is 19.3 Å². The summed E-state index contributed by atoms with van der Waals surface area (Å²) in [5, 5.41) is 0. The number of aromatic nitrogens is 2. The second kappa shape index (κ2) is 4.96. The highest BCUT2D eigenvalue weighted by atomic mass is 16.5. The van der Waals surface area contributed by atoms with E-state index in [0.717, 1.165) is 37.9 Å². The topological polar surface area (TPSA) is 41.5 Å². The third kappa shape index (κ3) is 2.52. The van der Waals surface area contributed by atoms with Gasteiger partial charge in [0.1, 0.15) is 11.6 Å². The highest BCUT2D eigenvalue weighted by Gasteiger charge is 2.39. The van der Waals surface area contributed by atoms with Crippen molar-refractivity contribution in [2.24, 2.45) is 5.41 Å². The van der Waals surface area contributed by atoms with E-state index in [-0.39, 0.29) is 0 Å². The average Bonchev–Trinajstić information content (AvgIpc) is 2.87. The van der Waals surface area contributed by atoms with Gasteiger partial charge < -0.3 is 14.5 Å². The molecule has 1 atom stereocenters. The summed E-state index contributed by atoms with van der Waals surface area (Å²) in [5.41, 5.74) is 0.355. The van der Waals surface area contributed by atoms with Crippen LogP contribution in [0.2, 0.25) is 0 Å². The van der Waals surface area contributed by atoms with Gasteiger partial charge in [0.2, 0.25) is 0 Å². The van der Waals surface area contributed by atoms with E-state index in [4.69, 9.17) is 9.72 Å². The summed E-state index contributed by atoms with van der Waals surface area (Å²) in [6.07, 6.45) is 7.37. The van der Waals surface area contributed by atoms with Gasteiger partial charge in [-0.15, -0.1) is 0 Å². The maximum absolute atomic E-state index is 5.61. The van der Waals surface area contributed by atoms with Gasteiger partial charge in [0.05, 0.1) is 19.0 Å². The maximum Gasteiger partial charge on any atom is 0.149 e. The van der Waals surface area contributed by atoms with Crippen molar-refractivity contribution >= 4 is 11.6 Å². The lowest BCUT2D eigenvalue weighted by Crippen LogP contribution is -2.44. The lowest BCUT2D eigenvalue weighted by Gasteiger charge is -2.40. The summed E-state index contributed by atoms with van der Waals surface area (Å²) in [7, 11) is 3.99. The Morgan fingerprint density at radius 3 is 2.95 bits per heavy atom. The Morgan fingerprint density at radius 2 is 2.21 bits per heavy atom. The molecule has 1 spiro atoms. The predicted molar refractivity (Wildman–Crippen MR) is 75.7 cm³/mol. The first kappa shape index (κ1) is 12.7. The zero-order valence-corrected chi connectivity index (χ0v) is 11.8. The van der Waals surface area contributed by atoms with Gasteiger partial charge in [0.15, 0.2) is 0 Å². The van der Waals surface area contributed by atoms with Crippen molar-refractivity contribution in [1.29, 1.82) is 0 Å². The molecule has 104 valence electrons. The molecule has 5 nitrogen and oxygen atoms in total. The number of anilines is 2. The Morgan fingerprint density at radius 1 is 1.32 bits per heavy atom. The second-order valence-corrected chi connectivity index (χ2v) is 5.96. The van der Waals surface area contributed by atoms with Crippen LogP contribution in [0.4, 0.5) is 11.6 Å². The summed E-state index contributed by atoms with van der Waals surface area (Å²) < 4.78 is 5.61. The van der Waals surface area contributed by atoms with Crippen LogP contribution in [0.1, 0.15) is 19.3 Å². The second-order valence-electron chi connectivity index (χ2n) is 5.96. The van der Waals surface area contributed by atoms with Crippen LogP contribution in [0, 0.1) is 5.41 Å². The van der Waals surface area contributed by atoms with E-state index in [1.54, 1.807) is 0 Å². The molecule has 2 saturated heterocycles. The SMILES string of the molecule is CN(C)c1cncc(N2CCC[C@]3(CCOC3)C2)n1. The molecule has 0 amide bonds. The largest absolute Gasteiger partial charge is 0.381 e. The molecule has 2 aliphatic heterocycles. The molecule has 1 aromatic heterocycles. The number of nitrogens with zero attached hydrogens (tertiary/aromatic N) is 4. The third-order valence-corrected chi connectivity index (χ3v) is 4.24. The minimum Gasteiger partial charge on any atom is -0.381 e. The van der Waals surface area contributed by atoms with E-state index in [1.165, 1.54) is 19.3 Å². The zero-order valence-electron chi connectivity index (χ0n) is 11.8. The molecular weight excluding hydrogens is 240 g/mol. The van der Waals surface area contributed by atoms with E-state index >= 15 is 0 Å². The summed E-state index contributed by atoms with van der Waals surface area (Å²) in [5.74, 6) is 1.91. The van der Waals surface area contributed by atoms with E-state index < -0.39 is 0 Å². The summed E-state index contributed by atoms with van der Waals surface area (Å²) in [6, 6.07) is 0. The quantitative estimate of drug-likeness (QED) is 0.809. The smallest absolute Gasteiger partial charge is 0.149 e. The Kier molecular flexibility index (Phi) is 3.31. The van der Waals surface area contributed by atoms with E-state index in [0.29, 0.717) is 5.41 Å². The Bertz CT molecular complexity index is 443. The fourth-order valence-electron chi connectivity index (χ4n) is 3.09. The van der Waals surface area contributed by atoms with Gasteiger partial charge in [-0.25, -0.2) is 4.98 Å². The lowest BCUT2D eigenvalue weighted by molar-refractivity contribution is 0.139. The highest BCUT2D eigenvalue weighted by Crippen LogP contribution is 2.38. The molecule has 2 fully saturated rings. The number of rotatable bonds is 2. The Labute approximate surface area is 114 Å². The molecule has 0 radical (unpaired) electrons. The molecule has 3 rings (SSSR count). The monoisotopic (exact) mass is 262 g/mol. The van der Waals surface area contributed by atoms with Crippen LogP contribution in [0.5, 0.6) is 0 Å². The fourth-order valence-corrected chi connectivity index (χ4v) is 3.09. The van der Waals surface area contributed by atoms with Gasteiger partial charge >= 0.3 is 0 Å². The van der Waals surface area contributed by atoms with Crippen LogP contribution in [0.3, 0.4) is 0 Å². The maximum atomic E-state index is 5.61. The summed E-state index contributed by atoms with van der Waals surface area (Å²) >= 11 is 0. The van der Waals surface area contributed by atoms with Crippen molar-refractivity contribution in [1.82, 2.24) is 9.97 Å². The van der Waals surface area contributed by atoms with Crippen molar-refractivity contribution in [2.75, 3.05) is 50.2 Å². The van der Waals surface area contributed by atoms with Crippen LogP contribution < -0.4 is 9.80 Å². The van der Waals surface area contributed by atoms with E-state index in [1.807, 2.05) is 31.4 Å². The predicted octanol–water partition coefficient (Wildman–Crippen LogP) is 1.55. The molecule has 1 aromatic rings. The van der Waals surface area contributed by atoms with Crippen molar-refractivity contribution < 1.29 is 4.74 Å². The summed E-state index contributed by atoms with van der Waals surface area (Å²) in [4.78, 5) is 13.4. The zero-order chi connectivity index (χ0) is 13.3. The van der Waals surface area contributed by atoms with Crippen LogP contribution in [0.15, 0.2) is 12.4 Å². The molecule has 0 unspecified atom stereocenters. The number of piperidine rings is 1. The minimum atomic E-state index is 0.355. The fraction of sp³-hybridized carbons (Fsp3) is 0.714. The lowest BCUT2D eigenvalue weighted by atomic mass is 9.79. The molecular formula is C14H22N4O. The van der Waals surface area contributed by atoms with Crippen molar-refractivity contribution in [3.63, 3.8) is 0 Å². The molecule has 0 saturated carbocycles. The third-order valence-electron chi connectivity index (χ3n) is 4.24. The van der Waals surface area contributed by atoms with Gasteiger partial charge in [-0.3, -0.25) is 4.98 Å². The molecule has 3 heterocycles. The van der Waals surface area contributed by atoms with Crippen molar-refractivity contribution in [2.45, 2.75) is 19.3 Å². The van der Waals surface area contributed by atoms with Crippen molar-refractivity contribution in [3.05, 3.63) is 12.4 Å².